The minimum atomic E-state index is -0.483. The summed E-state index contributed by atoms with van der Waals surface area (Å²) in [4.78, 5) is 18.4. The number of carbonyl (C=O) groups is 1. The molecule has 1 aromatic heterocycles. The van der Waals surface area contributed by atoms with Crippen molar-refractivity contribution in [3.8, 4) is 5.75 Å². The van der Waals surface area contributed by atoms with E-state index in [1.165, 1.54) is 25.3 Å². The van der Waals surface area contributed by atoms with E-state index in [-0.39, 0.29) is 17.9 Å². The van der Waals surface area contributed by atoms with E-state index in [0.29, 0.717) is 49.9 Å². The summed E-state index contributed by atoms with van der Waals surface area (Å²) in [5, 5.41) is 6.66. The third-order valence-electron chi connectivity index (χ3n) is 4.05. The Bertz CT molecular complexity index is 767. The molecule has 0 spiro atoms. The third-order valence-corrected chi connectivity index (χ3v) is 4.05. The number of hydrogen-bond donors (Lipinski definition) is 1. The van der Waals surface area contributed by atoms with Crippen LogP contribution in [0.1, 0.15) is 18.6 Å². The predicted octanol–water partition coefficient (Wildman–Crippen LogP) is 2.26. The van der Waals surface area contributed by atoms with Gasteiger partial charge in [-0.1, -0.05) is 12.1 Å². The largest absolute Gasteiger partial charge is 0.494 e. The van der Waals surface area contributed by atoms with E-state index in [9.17, 15) is 9.18 Å². The number of carbonyl (C=O) groups excluding carboxylic acids is 1. The van der Waals surface area contributed by atoms with Crippen LogP contribution in [0, 0.1) is 5.82 Å². The predicted molar refractivity (Wildman–Crippen MR) is 90.7 cm³/mol. The first-order valence-corrected chi connectivity index (χ1v) is 8.41. The van der Waals surface area contributed by atoms with E-state index in [1.54, 1.807) is 4.90 Å². The molecule has 0 aliphatic carbocycles. The number of aromatic nitrogens is 2. The van der Waals surface area contributed by atoms with Gasteiger partial charge in [-0.15, -0.1) is 0 Å². The van der Waals surface area contributed by atoms with Gasteiger partial charge in [-0.05, 0) is 12.1 Å². The highest BCUT2D eigenvalue weighted by atomic mass is 19.1. The van der Waals surface area contributed by atoms with Gasteiger partial charge in [0, 0.05) is 37.7 Å². The zero-order valence-electron chi connectivity index (χ0n) is 14.7. The van der Waals surface area contributed by atoms with E-state index >= 15 is 0 Å². The summed E-state index contributed by atoms with van der Waals surface area (Å²) < 4.78 is 29.2. The number of nitrogens with zero attached hydrogens (tertiary/aromatic N) is 3. The smallest absolute Gasteiger partial charge is 0.322 e. The van der Waals surface area contributed by atoms with E-state index in [1.807, 2.05) is 6.92 Å². The first-order chi connectivity index (χ1) is 12.6. The fourth-order valence-corrected chi connectivity index (χ4v) is 2.69. The highest BCUT2D eigenvalue weighted by Crippen LogP contribution is 2.22. The lowest BCUT2D eigenvalue weighted by Gasteiger charge is -2.32. The molecular formula is C17H21FN4O4. The van der Waals surface area contributed by atoms with Gasteiger partial charge in [0.1, 0.15) is 0 Å². The molecule has 1 atom stereocenters. The Balaban J connectivity index is 1.59. The van der Waals surface area contributed by atoms with Crippen LogP contribution in [-0.4, -0.2) is 54.0 Å². The van der Waals surface area contributed by atoms with Crippen LogP contribution in [0.25, 0.3) is 0 Å². The first kappa shape index (κ1) is 18.1. The monoisotopic (exact) mass is 364 g/mol. The molecule has 0 bridgehead atoms. The van der Waals surface area contributed by atoms with Gasteiger partial charge < -0.3 is 24.2 Å². The number of nitrogens with one attached hydrogen (secondary N) is 1. The van der Waals surface area contributed by atoms with Crippen LogP contribution in [0.15, 0.2) is 22.7 Å². The van der Waals surface area contributed by atoms with Crippen molar-refractivity contribution in [2.75, 3.05) is 32.1 Å². The van der Waals surface area contributed by atoms with Gasteiger partial charge in [0.2, 0.25) is 5.89 Å². The number of rotatable bonds is 5. The van der Waals surface area contributed by atoms with Gasteiger partial charge in [-0.3, -0.25) is 0 Å². The molecule has 1 saturated heterocycles. The molecule has 1 fully saturated rings. The Hall–Kier alpha value is -2.68. The van der Waals surface area contributed by atoms with Gasteiger partial charge in [0.05, 0.1) is 19.8 Å². The summed E-state index contributed by atoms with van der Waals surface area (Å²) in [6.45, 7) is 3.22. The summed E-state index contributed by atoms with van der Waals surface area (Å²) in [6.07, 6.45) is 0.936. The van der Waals surface area contributed by atoms with E-state index in [2.05, 4.69) is 15.5 Å². The van der Waals surface area contributed by atoms with Crippen LogP contribution in [0.3, 0.4) is 0 Å². The average molecular weight is 364 g/mol. The van der Waals surface area contributed by atoms with Crippen molar-refractivity contribution in [1.29, 1.82) is 0 Å². The summed E-state index contributed by atoms with van der Waals surface area (Å²) in [6, 6.07) is 3.89. The van der Waals surface area contributed by atoms with E-state index in [4.69, 9.17) is 14.0 Å². The van der Waals surface area contributed by atoms with Crippen LogP contribution in [-0.2, 0) is 17.6 Å². The Morgan fingerprint density at radius 2 is 2.35 bits per heavy atom. The van der Waals surface area contributed by atoms with Gasteiger partial charge in [-0.25, -0.2) is 9.18 Å². The lowest BCUT2D eigenvalue weighted by atomic mass is 10.2. The van der Waals surface area contributed by atoms with Gasteiger partial charge in [-0.2, -0.15) is 4.98 Å². The topological polar surface area (TPSA) is 89.7 Å². The van der Waals surface area contributed by atoms with Crippen molar-refractivity contribution in [3.05, 3.63) is 35.7 Å². The Morgan fingerprint density at radius 3 is 3.08 bits per heavy atom. The van der Waals surface area contributed by atoms with Gasteiger partial charge >= 0.3 is 6.03 Å². The molecule has 0 unspecified atom stereocenters. The normalized spacial score (nSPS) is 17.2. The van der Waals surface area contributed by atoms with Crippen molar-refractivity contribution in [2.45, 2.75) is 25.9 Å². The molecule has 1 aliphatic rings. The summed E-state index contributed by atoms with van der Waals surface area (Å²) in [5.41, 5.74) is 0.460. The Kier molecular flexibility index (Phi) is 5.67. The minimum Gasteiger partial charge on any atom is -0.494 e. The van der Waals surface area contributed by atoms with Crippen LogP contribution in [0.2, 0.25) is 0 Å². The maximum absolute atomic E-state index is 13.5. The average Bonchev–Trinajstić information content (AvgIpc) is 3.11. The van der Waals surface area contributed by atoms with E-state index in [0.717, 1.165) is 0 Å². The molecule has 3 rings (SSSR count). The summed E-state index contributed by atoms with van der Waals surface area (Å²) >= 11 is 0. The van der Waals surface area contributed by atoms with Crippen molar-refractivity contribution in [3.63, 3.8) is 0 Å². The second kappa shape index (κ2) is 8.13. The van der Waals surface area contributed by atoms with Gasteiger partial charge in [0.25, 0.3) is 0 Å². The Labute approximate surface area is 150 Å². The molecular weight excluding hydrogens is 343 g/mol. The van der Waals surface area contributed by atoms with E-state index < -0.39 is 5.82 Å². The fourth-order valence-electron chi connectivity index (χ4n) is 2.69. The molecule has 9 heteroatoms. The molecule has 1 N–H and O–H groups in total. The maximum atomic E-state index is 13.5. The number of morpholine rings is 1. The molecule has 2 aromatic rings. The highest BCUT2D eigenvalue weighted by molar-refractivity contribution is 5.89. The van der Waals surface area contributed by atoms with Crippen molar-refractivity contribution in [2.24, 2.45) is 0 Å². The number of halogens is 1. The molecule has 0 radical (unpaired) electrons. The number of hydrogen-bond acceptors (Lipinski definition) is 6. The van der Waals surface area contributed by atoms with Crippen molar-refractivity contribution < 1.29 is 23.2 Å². The Morgan fingerprint density at radius 1 is 1.50 bits per heavy atom. The number of ether oxygens (including phenoxy) is 2. The number of benzene rings is 1. The standard InChI is InChI=1S/C17H21FN4O4/c1-3-16-20-15(21-26-16)9-12-10-22(6-7-25-12)17(23)19-11-4-5-13(18)14(8-11)24-2/h4-5,8,12H,3,6-7,9-10H2,1-2H3,(H,19,23)/t12-/m1/s1. The zero-order valence-corrected chi connectivity index (χ0v) is 14.7. The number of methoxy groups -OCH3 is 1. The molecule has 1 aromatic carbocycles. The lowest BCUT2D eigenvalue weighted by molar-refractivity contribution is -0.0125. The van der Waals surface area contributed by atoms with Crippen LogP contribution in [0.4, 0.5) is 14.9 Å². The maximum Gasteiger partial charge on any atom is 0.322 e. The SMILES string of the molecule is CCc1nc(C[C@@H]2CN(C(=O)Nc3ccc(F)c(OC)c3)CCO2)no1. The highest BCUT2D eigenvalue weighted by Gasteiger charge is 2.26. The van der Waals surface area contributed by atoms with Crippen molar-refractivity contribution in [1.82, 2.24) is 15.0 Å². The number of anilines is 1. The minimum absolute atomic E-state index is 0.0755. The van der Waals surface area contributed by atoms with Crippen LogP contribution in [0.5, 0.6) is 5.75 Å². The van der Waals surface area contributed by atoms with Gasteiger partial charge in [0.15, 0.2) is 17.4 Å². The van der Waals surface area contributed by atoms with Crippen molar-refractivity contribution >= 4 is 11.7 Å². The fraction of sp³-hybridized carbons (Fsp3) is 0.471. The third kappa shape index (κ3) is 4.29. The molecule has 2 heterocycles. The first-order valence-electron chi connectivity index (χ1n) is 8.41. The quantitative estimate of drug-likeness (QED) is 0.875. The number of amides is 2. The molecule has 0 saturated carbocycles. The summed E-state index contributed by atoms with van der Waals surface area (Å²) in [7, 11) is 1.37. The molecule has 8 nitrogen and oxygen atoms in total. The molecule has 1 aliphatic heterocycles. The number of urea groups is 1. The zero-order chi connectivity index (χ0) is 18.5. The molecule has 140 valence electrons. The molecule has 26 heavy (non-hydrogen) atoms. The number of aryl methyl sites for hydroxylation is 1. The van der Waals surface area contributed by atoms with Crippen LogP contribution >= 0.6 is 0 Å². The summed E-state index contributed by atoms with van der Waals surface area (Å²) in [5.74, 6) is 0.739. The van der Waals surface area contributed by atoms with Crippen LogP contribution < -0.4 is 10.1 Å². The lowest BCUT2D eigenvalue weighted by Crippen LogP contribution is -2.48. The molecule has 2 amide bonds. The second-order valence-electron chi connectivity index (χ2n) is 5.88. The second-order valence-corrected chi connectivity index (χ2v) is 5.88.